The number of nitrogens with zero attached hydrogens (tertiary/aromatic N) is 1. The molecule has 60 valence electrons. The Labute approximate surface area is 69.1 Å². The van der Waals surface area contributed by atoms with Crippen molar-refractivity contribution in [3.05, 3.63) is 30.1 Å². The normalized spacial score (nSPS) is 12.8. The van der Waals surface area contributed by atoms with Crippen molar-refractivity contribution in [3.63, 3.8) is 0 Å². The fraction of sp³-hybridized carbons (Fsp3) is 0.375. The molecule has 0 radical (unpaired) electrons. The molecule has 1 aromatic heterocycles. The largest absolute Gasteiger partial charge is 0.261 e. The van der Waals surface area contributed by atoms with Gasteiger partial charge in [0, 0.05) is 41.1 Å². The van der Waals surface area contributed by atoms with Crippen molar-refractivity contribution in [1.82, 2.24) is 4.98 Å². The Bertz CT molecular complexity index is 235. The van der Waals surface area contributed by atoms with Crippen LogP contribution in [0.15, 0.2) is 24.4 Å². The number of hydrogen-bond acceptors (Lipinski definition) is 2. The molecule has 0 saturated heterocycles. The second-order valence-electron chi connectivity index (χ2n) is 2.35. The highest BCUT2D eigenvalue weighted by atomic mass is 32.2. The van der Waals surface area contributed by atoms with Gasteiger partial charge in [0.05, 0.1) is 0 Å². The predicted octanol–water partition coefficient (Wildman–Crippen LogP) is 1.00. The molecule has 0 N–H and O–H groups in total. The molecule has 2 nitrogen and oxygen atoms in total. The topological polar surface area (TPSA) is 30.0 Å². The first-order valence-electron chi connectivity index (χ1n) is 3.49. The Kier molecular flexibility index (Phi) is 3.23. The zero-order valence-corrected chi connectivity index (χ0v) is 7.30. The van der Waals surface area contributed by atoms with Gasteiger partial charge < -0.3 is 0 Å². The third-order valence-electron chi connectivity index (χ3n) is 1.37. The van der Waals surface area contributed by atoms with Crippen LogP contribution in [0, 0.1) is 0 Å². The molecule has 0 aliphatic rings. The number of aromatic nitrogens is 1. The van der Waals surface area contributed by atoms with Gasteiger partial charge >= 0.3 is 0 Å². The van der Waals surface area contributed by atoms with Crippen LogP contribution in [-0.4, -0.2) is 21.2 Å². The minimum Gasteiger partial charge on any atom is -0.261 e. The maximum Gasteiger partial charge on any atom is 0.0412 e. The van der Waals surface area contributed by atoms with Gasteiger partial charge in [-0.3, -0.25) is 9.19 Å². The van der Waals surface area contributed by atoms with E-state index in [0.29, 0.717) is 5.75 Å². The molecular formula is C8H11NOS. The van der Waals surface area contributed by atoms with Gasteiger partial charge in [-0.1, -0.05) is 6.07 Å². The third-order valence-corrected chi connectivity index (χ3v) is 2.15. The maximum atomic E-state index is 10.7. The van der Waals surface area contributed by atoms with Crippen molar-refractivity contribution >= 4 is 10.8 Å². The molecular weight excluding hydrogens is 158 g/mol. The molecule has 1 aromatic rings. The number of hydrogen-bond donors (Lipinski definition) is 0. The van der Waals surface area contributed by atoms with E-state index >= 15 is 0 Å². The molecule has 1 rings (SSSR count). The summed E-state index contributed by atoms with van der Waals surface area (Å²) >= 11 is 0. The molecule has 0 bridgehead atoms. The summed E-state index contributed by atoms with van der Waals surface area (Å²) in [5, 5.41) is 0. The minimum absolute atomic E-state index is 0.705. The van der Waals surface area contributed by atoms with Gasteiger partial charge in [-0.05, 0) is 12.1 Å². The van der Waals surface area contributed by atoms with E-state index in [4.69, 9.17) is 0 Å². The molecule has 11 heavy (non-hydrogen) atoms. The van der Waals surface area contributed by atoms with Gasteiger partial charge in [-0.25, -0.2) is 0 Å². The lowest BCUT2D eigenvalue weighted by Crippen LogP contribution is -1.99. The Morgan fingerprint density at radius 2 is 2.36 bits per heavy atom. The van der Waals surface area contributed by atoms with Gasteiger partial charge in [0.25, 0.3) is 0 Å². The van der Waals surface area contributed by atoms with Crippen molar-refractivity contribution in [2.75, 3.05) is 12.0 Å². The Balaban J connectivity index is 2.45. The van der Waals surface area contributed by atoms with Crippen molar-refractivity contribution in [2.45, 2.75) is 6.42 Å². The van der Waals surface area contributed by atoms with Gasteiger partial charge in [-0.2, -0.15) is 0 Å². The molecule has 1 heterocycles. The van der Waals surface area contributed by atoms with Crippen molar-refractivity contribution in [2.24, 2.45) is 0 Å². The average molecular weight is 169 g/mol. The van der Waals surface area contributed by atoms with E-state index in [-0.39, 0.29) is 0 Å². The predicted molar refractivity (Wildman–Crippen MR) is 46.9 cm³/mol. The van der Waals surface area contributed by atoms with Crippen LogP contribution in [0.4, 0.5) is 0 Å². The Morgan fingerprint density at radius 3 is 2.91 bits per heavy atom. The first-order chi connectivity index (χ1) is 5.29. The van der Waals surface area contributed by atoms with Gasteiger partial charge in [0.15, 0.2) is 0 Å². The monoisotopic (exact) mass is 169 g/mol. The molecule has 0 aliphatic carbocycles. The van der Waals surface area contributed by atoms with Crippen molar-refractivity contribution in [3.8, 4) is 0 Å². The van der Waals surface area contributed by atoms with Crippen LogP contribution in [0.5, 0.6) is 0 Å². The average Bonchev–Trinajstić information content (AvgIpc) is 2.03. The quantitative estimate of drug-likeness (QED) is 0.675. The zero-order chi connectivity index (χ0) is 8.10. The summed E-state index contributed by atoms with van der Waals surface area (Å²) in [7, 11) is -0.706. The van der Waals surface area contributed by atoms with Gasteiger partial charge in [0.1, 0.15) is 0 Å². The summed E-state index contributed by atoms with van der Waals surface area (Å²) in [4.78, 5) is 4.12. The lowest BCUT2D eigenvalue weighted by molar-refractivity contribution is 0.685. The van der Waals surface area contributed by atoms with Crippen LogP contribution in [0.2, 0.25) is 0 Å². The lowest BCUT2D eigenvalue weighted by Gasteiger charge is -1.95. The van der Waals surface area contributed by atoms with E-state index in [9.17, 15) is 4.21 Å². The van der Waals surface area contributed by atoms with E-state index in [1.165, 1.54) is 0 Å². The summed E-state index contributed by atoms with van der Waals surface area (Å²) in [6, 6.07) is 5.78. The summed E-state index contributed by atoms with van der Waals surface area (Å²) in [6.07, 6.45) is 4.28. The van der Waals surface area contributed by atoms with Crippen LogP contribution in [0.25, 0.3) is 0 Å². The highest BCUT2D eigenvalue weighted by molar-refractivity contribution is 7.84. The van der Waals surface area contributed by atoms with Gasteiger partial charge in [0.2, 0.25) is 0 Å². The van der Waals surface area contributed by atoms with Gasteiger partial charge in [-0.15, -0.1) is 0 Å². The standard InChI is InChI=1S/C8H11NOS/c1-11(10)7-5-8-4-2-3-6-9-8/h2-4,6H,5,7H2,1H3. The van der Waals surface area contributed by atoms with Crippen molar-refractivity contribution < 1.29 is 4.21 Å². The fourth-order valence-corrected chi connectivity index (χ4v) is 1.29. The fourth-order valence-electron chi connectivity index (χ4n) is 0.794. The highest BCUT2D eigenvalue weighted by Crippen LogP contribution is 1.94. The SMILES string of the molecule is CS(=O)CCc1ccccn1. The van der Waals surface area contributed by atoms with E-state index in [2.05, 4.69) is 4.98 Å². The smallest absolute Gasteiger partial charge is 0.0412 e. The first-order valence-corrected chi connectivity index (χ1v) is 5.21. The van der Waals surface area contributed by atoms with Crippen LogP contribution in [-0.2, 0) is 17.2 Å². The lowest BCUT2D eigenvalue weighted by atomic mass is 10.3. The van der Waals surface area contributed by atoms with E-state index in [0.717, 1.165) is 12.1 Å². The molecule has 0 aliphatic heterocycles. The van der Waals surface area contributed by atoms with Crippen LogP contribution in [0.1, 0.15) is 5.69 Å². The van der Waals surface area contributed by atoms with E-state index < -0.39 is 10.8 Å². The molecule has 0 aromatic carbocycles. The second kappa shape index (κ2) is 4.23. The molecule has 3 heteroatoms. The van der Waals surface area contributed by atoms with E-state index in [1.807, 2.05) is 18.2 Å². The summed E-state index contributed by atoms with van der Waals surface area (Å²) in [6.45, 7) is 0. The number of aryl methyl sites for hydroxylation is 1. The summed E-state index contributed by atoms with van der Waals surface area (Å²) in [5.41, 5.74) is 1.02. The Morgan fingerprint density at radius 1 is 1.55 bits per heavy atom. The number of pyridine rings is 1. The molecule has 0 spiro atoms. The summed E-state index contributed by atoms with van der Waals surface area (Å²) in [5.74, 6) is 0.705. The minimum atomic E-state index is -0.706. The Hall–Kier alpha value is -0.700. The van der Waals surface area contributed by atoms with Crippen LogP contribution >= 0.6 is 0 Å². The third kappa shape index (κ3) is 3.28. The second-order valence-corrected chi connectivity index (χ2v) is 3.90. The highest BCUT2D eigenvalue weighted by Gasteiger charge is 1.94. The first kappa shape index (κ1) is 8.40. The van der Waals surface area contributed by atoms with Crippen LogP contribution in [0.3, 0.4) is 0 Å². The molecule has 0 saturated carbocycles. The zero-order valence-electron chi connectivity index (χ0n) is 6.49. The molecule has 1 atom stereocenters. The van der Waals surface area contributed by atoms with E-state index in [1.54, 1.807) is 12.5 Å². The molecule has 1 unspecified atom stereocenters. The van der Waals surface area contributed by atoms with Crippen LogP contribution < -0.4 is 0 Å². The maximum absolute atomic E-state index is 10.7. The number of rotatable bonds is 3. The summed E-state index contributed by atoms with van der Waals surface area (Å²) < 4.78 is 10.7. The molecule has 0 amide bonds. The molecule has 0 fully saturated rings. The van der Waals surface area contributed by atoms with Crippen molar-refractivity contribution in [1.29, 1.82) is 0 Å².